The Labute approximate surface area is 135 Å². The SMILES string of the molecule is CCCCCN(CCCCCCNC(C)(C)C)C(C)(C)C. The molecular weight excluding hydrogens is 256 g/mol. The van der Waals surface area contributed by atoms with Gasteiger partial charge in [0.25, 0.3) is 0 Å². The lowest BCUT2D eigenvalue weighted by molar-refractivity contribution is 0.130. The fourth-order valence-electron chi connectivity index (χ4n) is 2.58. The van der Waals surface area contributed by atoms with Crippen LogP contribution in [0, 0.1) is 0 Å². The summed E-state index contributed by atoms with van der Waals surface area (Å²) in [6, 6.07) is 0. The van der Waals surface area contributed by atoms with Crippen LogP contribution in [0.5, 0.6) is 0 Å². The van der Waals surface area contributed by atoms with Gasteiger partial charge in [0.1, 0.15) is 0 Å². The highest BCUT2D eigenvalue weighted by Gasteiger charge is 2.19. The maximum Gasteiger partial charge on any atom is 0.0125 e. The van der Waals surface area contributed by atoms with Gasteiger partial charge in [-0.25, -0.2) is 0 Å². The molecule has 0 aromatic rings. The van der Waals surface area contributed by atoms with Gasteiger partial charge in [-0.3, -0.25) is 4.90 Å². The number of rotatable bonds is 11. The Bertz CT molecular complexity index is 235. The summed E-state index contributed by atoms with van der Waals surface area (Å²) in [5, 5.41) is 3.57. The molecule has 2 nitrogen and oxygen atoms in total. The van der Waals surface area contributed by atoms with Gasteiger partial charge in [-0.05, 0) is 80.4 Å². The lowest BCUT2D eigenvalue weighted by atomic mass is 10.0. The minimum Gasteiger partial charge on any atom is -0.312 e. The van der Waals surface area contributed by atoms with Gasteiger partial charge in [0.05, 0.1) is 0 Å². The van der Waals surface area contributed by atoms with Crippen molar-refractivity contribution in [3.63, 3.8) is 0 Å². The fourth-order valence-corrected chi connectivity index (χ4v) is 2.58. The number of unbranched alkanes of at least 4 members (excludes halogenated alkanes) is 5. The number of nitrogens with one attached hydrogen (secondary N) is 1. The second kappa shape index (κ2) is 10.6. The fraction of sp³-hybridized carbons (Fsp3) is 1.00. The van der Waals surface area contributed by atoms with Crippen LogP contribution in [-0.4, -0.2) is 35.6 Å². The minimum atomic E-state index is 0.266. The summed E-state index contributed by atoms with van der Waals surface area (Å²) < 4.78 is 0. The summed E-state index contributed by atoms with van der Waals surface area (Å²) in [6.45, 7) is 19.8. The first-order valence-electron chi connectivity index (χ1n) is 9.17. The normalized spacial score (nSPS) is 13.1. The van der Waals surface area contributed by atoms with Gasteiger partial charge < -0.3 is 5.32 Å². The first kappa shape index (κ1) is 20.9. The molecule has 0 aliphatic carbocycles. The molecule has 128 valence electrons. The molecule has 0 heterocycles. The predicted octanol–water partition coefficient (Wildman–Crippen LogP) is 5.23. The van der Waals surface area contributed by atoms with Crippen LogP contribution >= 0.6 is 0 Å². The summed E-state index contributed by atoms with van der Waals surface area (Å²) in [6.07, 6.45) is 9.41. The molecule has 0 rings (SSSR count). The second-order valence-electron chi connectivity index (χ2n) is 8.46. The zero-order valence-corrected chi connectivity index (χ0v) is 16.0. The van der Waals surface area contributed by atoms with E-state index in [4.69, 9.17) is 0 Å². The summed E-state index contributed by atoms with van der Waals surface area (Å²) in [7, 11) is 0. The second-order valence-corrected chi connectivity index (χ2v) is 8.46. The van der Waals surface area contributed by atoms with E-state index in [1.165, 1.54) is 58.0 Å². The molecule has 2 heteroatoms. The summed E-state index contributed by atoms with van der Waals surface area (Å²) >= 11 is 0. The zero-order valence-electron chi connectivity index (χ0n) is 16.0. The van der Waals surface area contributed by atoms with Gasteiger partial charge in [0, 0.05) is 11.1 Å². The molecule has 0 amide bonds. The van der Waals surface area contributed by atoms with Crippen molar-refractivity contribution >= 4 is 0 Å². The van der Waals surface area contributed by atoms with Gasteiger partial charge in [-0.15, -0.1) is 0 Å². The van der Waals surface area contributed by atoms with Gasteiger partial charge in [0.15, 0.2) is 0 Å². The Kier molecular flexibility index (Phi) is 10.6. The molecule has 0 saturated heterocycles. The number of hydrogen-bond donors (Lipinski definition) is 1. The average Bonchev–Trinajstić information content (AvgIpc) is 2.33. The molecule has 0 atom stereocenters. The molecule has 0 saturated carbocycles. The van der Waals surface area contributed by atoms with E-state index in [-0.39, 0.29) is 5.54 Å². The first-order valence-corrected chi connectivity index (χ1v) is 9.17. The van der Waals surface area contributed by atoms with Crippen molar-refractivity contribution in [1.29, 1.82) is 0 Å². The van der Waals surface area contributed by atoms with Crippen LogP contribution in [-0.2, 0) is 0 Å². The van der Waals surface area contributed by atoms with E-state index in [9.17, 15) is 0 Å². The van der Waals surface area contributed by atoms with Crippen LogP contribution in [0.15, 0.2) is 0 Å². The van der Waals surface area contributed by atoms with E-state index < -0.39 is 0 Å². The standard InChI is InChI=1S/C19H42N2/c1-8-9-13-16-21(19(5,6)7)17-14-11-10-12-15-20-18(2,3)4/h20H,8-17H2,1-7H3. The van der Waals surface area contributed by atoms with E-state index in [2.05, 4.69) is 58.7 Å². The van der Waals surface area contributed by atoms with E-state index in [0.29, 0.717) is 5.54 Å². The molecule has 0 aliphatic heterocycles. The maximum atomic E-state index is 3.57. The quantitative estimate of drug-likeness (QED) is 0.526. The molecule has 21 heavy (non-hydrogen) atoms. The van der Waals surface area contributed by atoms with Gasteiger partial charge in [-0.2, -0.15) is 0 Å². The molecule has 0 unspecified atom stereocenters. The Balaban J connectivity index is 3.73. The van der Waals surface area contributed by atoms with Crippen LogP contribution in [0.3, 0.4) is 0 Å². The highest BCUT2D eigenvalue weighted by atomic mass is 15.2. The van der Waals surface area contributed by atoms with Crippen molar-refractivity contribution in [2.45, 2.75) is 104 Å². The van der Waals surface area contributed by atoms with Crippen LogP contribution in [0.1, 0.15) is 93.4 Å². The largest absolute Gasteiger partial charge is 0.312 e. The third-order valence-corrected chi connectivity index (χ3v) is 3.99. The van der Waals surface area contributed by atoms with Crippen LogP contribution in [0.4, 0.5) is 0 Å². The lowest BCUT2D eigenvalue weighted by Gasteiger charge is -2.36. The van der Waals surface area contributed by atoms with Crippen molar-refractivity contribution in [3.8, 4) is 0 Å². The molecule has 0 aromatic carbocycles. The molecule has 0 fully saturated rings. The molecular formula is C19H42N2. The Morgan fingerprint density at radius 3 is 1.71 bits per heavy atom. The topological polar surface area (TPSA) is 15.3 Å². The predicted molar refractivity (Wildman–Crippen MR) is 97.1 cm³/mol. The maximum absolute atomic E-state index is 3.57. The van der Waals surface area contributed by atoms with Gasteiger partial charge >= 0.3 is 0 Å². The zero-order chi connectivity index (χ0) is 16.4. The first-order chi connectivity index (χ1) is 9.67. The molecule has 0 radical (unpaired) electrons. The van der Waals surface area contributed by atoms with Crippen molar-refractivity contribution < 1.29 is 0 Å². The number of nitrogens with zero attached hydrogens (tertiary/aromatic N) is 1. The van der Waals surface area contributed by atoms with Crippen molar-refractivity contribution in [1.82, 2.24) is 10.2 Å². The monoisotopic (exact) mass is 298 g/mol. The molecule has 0 aromatic heterocycles. The van der Waals surface area contributed by atoms with E-state index in [1.807, 2.05) is 0 Å². The number of hydrogen-bond acceptors (Lipinski definition) is 2. The van der Waals surface area contributed by atoms with Crippen molar-refractivity contribution in [2.75, 3.05) is 19.6 Å². The average molecular weight is 299 g/mol. The van der Waals surface area contributed by atoms with Crippen LogP contribution in [0.2, 0.25) is 0 Å². The highest BCUT2D eigenvalue weighted by molar-refractivity contribution is 4.76. The van der Waals surface area contributed by atoms with E-state index >= 15 is 0 Å². The third kappa shape index (κ3) is 13.3. The van der Waals surface area contributed by atoms with E-state index in [1.54, 1.807) is 0 Å². The van der Waals surface area contributed by atoms with Crippen molar-refractivity contribution in [2.24, 2.45) is 0 Å². The smallest absolute Gasteiger partial charge is 0.0125 e. The van der Waals surface area contributed by atoms with Crippen LogP contribution in [0.25, 0.3) is 0 Å². The Morgan fingerprint density at radius 1 is 0.714 bits per heavy atom. The summed E-state index contributed by atoms with van der Waals surface area (Å²) in [5.74, 6) is 0. The third-order valence-electron chi connectivity index (χ3n) is 3.99. The minimum absolute atomic E-state index is 0.266. The molecule has 1 N–H and O–H groups in total. The Hall–Kier alpha value is -0.0800. The van der Waals surface area contributed by atoms with Crippen molar-refractivity contribution in [3.05, 3.63) is 0 Å². The van der Waals surface area contributed by atoms with Crippen LogP contribution < -0.4 is 5.32 Å². The summed E-state index contributed by atoms with van der Waals surface area (Å²) in [4.78, 5) is 2.68. The molecule has 0 aliphatic rings. The molecule has 0 bridgehead atoms. The molecule has 0 spiro atoms. The lowest BCUT2D eigenvalue weighted by Crippen LogP contribution is -2.42. The van der Waals surface area contributed by atoms with Gasteiger partial charge in [0.2, 0.25) is 0 Å². The van der Waals surface area contributed by atoms with E-state index in [0.717, 1.165) is 6.54 Å². The highest BCUT2D eigenvalue weighted by Crippen LogP contribution is 2.16. The van der Waals surface area contributed by atoms with Gasteiger partial charge in [-0.1, -0.05) is 32.6 Å². The summed E-state index contributed by atoms with van der Waals surface area (Å²) in [5.41, 5.74) is 0.587. The Morgan fingerprint density at radius 2 is 1.24 bits per heavy atom.